The Hall–Kier alpha value is -4.00. The van der Waals surface area contributed by atoms with E-state index in [0.717, 1.165) is 29.8 Å². The first kappa shape index (κ1) is 34.9. The fourth-order valence-electron chi connectivity index (χ4n) is 5.08. The van der Waals surface area contributed by atoms with Gasteiger partial charge in [-0.2, -0.15) is 13.2 Å². The SMILES string of the molecule is CCOc1ccc(C2=N[C@H](c3ccc(Cl)cc3)[C@H](c3ccc(Cl)cc3)N2C(=O)N2CCNCC2)c(OCC)c1.O=C(O)C(F)(F)F. The van der Waals surface area contributed by atoms with Gasteiger partial charge in [0.15, 0.2) is 0 Å². The molecule has 1 fully saturated rings. The molecule has 14 heteroatoms. The molecule has 46 heavy (non-hydrogen) atoms. The molecule has 2 heterocycles. The number of nitrogens with zero attached hydrogens (tertiary/aromatic N) is 3. The third-order valence-corrected chi connectivity index (χ3v) is 7.63. The van der Waals surface area contributed by atoms with Gasteiger partial charge in [0, 0.05) is 42.3 Å². The Morgan fingerprint density at radius 3 is 1.98 bits per heavy atom. The van der Waals surface area contributed by atoms with Crippen molar-refractivity contribution in [2.75, 3.05) is 39.4 Å². The molecule has 2 N–H and O–H groups in total. The highest BCUT2D eigenvalue weighted by Gasteiger charge is 2.44. The van der Waals surface area contributed by atoms with Crippen molar-refractivity contribution in [3.63, 3.8) is 0 Å². The molecule has 3 aromatic carbocycles. The molecule has 9 nitrogen and oxygen atoms in total. The summed E-state index contributed by atoms with van der Waals surface area (Å²) in [4.78, 5) is 32.2. The number of alkyl halides is 3. The molecule has 246 valence electrons. The lowest BCUT2D eigenvalue weighted by molar-refractivity contribution is -0.192. The number of carbonyl (C=O) groups excluding carboxylic acids is 1. The van der Waals surface area contributed by atoms with Crippen LogP contribution in [-0.4, -0.2) is 78.3 Å². The number of amidine groups is 1. The van der Waals surface area contributed by atoms with E-state index >= 15 is 0 Å². The number of amides is 2. The number of carbonyl (C=O) groups is 2. The maximum Gasteiger partial charge on any atom is 0.490 e. The summed E-state index contributed by atoms with van der Waals surface area (Å²) in [5, 5.41) is 11.7. The van der Waals surface area contributed by atoms with Crippen LogP contribution in [0.3, 0.4) is 0 Å². The van der Waals surface area contributed by atoms with Gasteiger partial charge in [0.25, 0.3) is 0 Å². The zero-order valence-corrected chi connectivity index (χ0v) is 26.6. The number of urea groups is 1. The topological polar surface area (TPSA) is 104 Å². The van der Waals surface area contributed by atoms with Gasteiger partial charge >= 0.3 is 18.2 Å². The Morgan fingerprint density at radius 2 is 1.46 bits per heavy atom. The van der Waals surface area contributed by atoms with Gasteiger partial charge in [0.1, 0.15) is 23.4 Å². The summed E-state index contributed by atoms with van der Waals surface area (Å²) >= 11 is 12.5. The maximum absolute atomic E-state index is 14.3. The molecule has 0 spiro atoms. The smallest absolute Gasteiger partial charge is 0.490 e. The Kier molecular flexibility index (Phi) is 11.8. The molecule has 5 rings (SSSR count). The number of rotatable bonds is 7. The predicted molar refractivity (Wildman–Crippen MR) is 169 cm³/mol. The number of halogens is 5. The quantitative estimate of drug-likeness (QED) is 0.279. The first-order valence-corrected chi connectivity index (χ1v) is 15.3. The number of nitrogens with one attached hydrogen (secondary N) is 1. The maximum atomic E-state index is 14.3. The number of carboxylic acids is 1. The Balaban J connectivity index is 0.000000617. The van der Waals surface area contributed by atoms with Gasteiger partial charge in [-0.3, -0.25) is 9.89 Å². The Labute approximate surface area is 274 Å². The van der Waals surface area contributed by atoms with Crippen LogP contribution in [0.15, 0.2) is 71.7 Å². The van der Waals surface area contributed by atoms with E-state index in [-0.39, 0.29) is 12.1 Å². The molecule has 2 amide bonds. The van der Waals surface area contributed by atoms with Crippen LogP contribution in [0.1, 0.15) is 42.6 Å². The van der Waals surface area contributed by atoms with E-state index in [9.17, 15) is 18.0 Å². The fraction of sp³-hybridized carbons (Fsp3) is 0.344. The van der Waals surface area contributed by atoms with E-state index in [1.807, 2.05) is 90.4 Å². The summed E-state index contributed by atoms with van der Waals surface area (Å²) in [5.41, 5.74) is 2.63. The molecule has 0 radical (unpaired) electrons. The third-order valence-electron chi connectivity index (χ3n) is 7.13. The van der Waals surface area contributed by atoms with Gasteiger partial charge in [-0.25, -0.2) is 9.59 Å². The van der Waals surface area contributed by atoms with Crippen molar-refractivity contribution in [3.8, 4) is 11.5 Å². The highest BCUT2D eigenvalue weighted by Crippen LogP contribution is 2.45. The Bertz CT molecular complexity index is 1530. The van der Waals surface area contributed by atoms with E-state index < -0.39 is 18.2 Å². The molecule has 0 aromatic heterocycles. The largest absolute Gasteiger partial charge is 0.494 e. The van der Waals surface area contributed by atoms with Crippen molar-refractivity contribution in [2.24, 2.45) is 4.99 Å². The van der Waals surface area contributed by atoms with Crippen molar-refractivity contribution in [2.45, 2.75) is 32.1 Å². The normalized spacial score (nSPS) is 17.9. The second-order valence-electron chi connectivity index (χ2n) is 10.2. The first-order chi connectivity index (χ1) is 21.9. The fourth-order valence-corrected chi connectivity index (χ4v) is 5.33. The van der Waals surface area contributed by atoms with Crippen molar-refractivity contribution < 1.29 is 37.3 Å². The van der Waals surface area contributed by atoms with Gasteiger partial charge in [-0.05, 0) is 61.4 Å². The molecule has 0 aliphatic carbocycles. The predicted octanol–water partition coefficient (Wildman–Crippen LogP) is 6.99. The number of carboxylic acid groups (broad SMARTS) is 1. The number of aliphatic imine (C=N–C) groups is 1. The second-order valence-corrected chi connectivity index (χ2v) is 11.0. The number of ether oxygens (including phenoxy) is 2. The number of hydrogen-bond acceptors (Lipinski definition) is 6. The molecule has 2 aliphatic heterocycles. The molecule has 1 saturated heterocycles. The van der Waals surface area contributed by atoms with Gasteiger partial charge in [0.05, 0.1) is 24.8 Å². The second kappa shape index (κ2) is 15.5. The summed E-state index contributed by atoms with van der Waals surface area (Å²) in [6.07, 6.45) is -5.08. The highest BCUT2D eigenvalue weighted by atomic mass is 35.5. The van der Waals surface area contributed by atoms with Crippen LogP contribution in [0.4, 0.5) is 18.0 Å². The van der Waals surface area contributed by atoms with Gasteiger partial charge in [-0.15, -0.1) is 0 Å². The lowest BCUT2D eigenvalue weighted by Gasteiger charge is -2.36. The molecular formula is C32H33Cl2F3N4O5. The summed E-state index contributed by atoms with van der Waals surface area (Å²) in [5.74, 6) is -0.879. The van der Waals surface area contributed by atoms with Crippen molar-refractivity contribution >= 4 is 41.0 Å². The lowest BCUT2D eigenvalue weighted by Crippen LogP contribution is -2.53. The number of piperazine rings is 1. The van der Waals surface area contributed by atoms with Crippen LogP contribution >= 0.6 is 23.2 Å². The zero-order chi connectivity index (χ0) is 33.4. The number of benzene rings is 3. The summed E-state index contributed by atoms with van der Waals surface area (Å²) in [6, 6.07) is 20.1. The molecule has 0 bridgehead atoms. The summed E-state index contributed by atoms with van der Waals surface area (Å²) in [7, 11) is 0. The molecule has 3 aromatic rings. The average Bonchev–Trinajstić information content (AvgIpc) is 3.42. The summed E-state index contributed by atoms with van der Waals surface area (Å²) < 4.78 is 43.5. The van der Waals surface area contributed by atoms with Gasteiger partial charge < -0.3 is 24.8 Å². The monoisotopic (exact) mass is 680 g/mol. The minimum atomic E-state index is -5.08. The highest BCUT2D eigenvalue weighted by molar-refractivity contribution is 6.30. The minimum absolute atomic E-state index is 0.0944. The molecule has 0 unspecified atom stereocenters. The van der Waals surface area contributed by atoms with E-state index in [1.54, 1.807) is 0 Å². The van der Waals surface area contributed by atoms with Crippen LogP contribution in [0.2, 0.25) is 10.0 Å². The van der Waals surface area contributed by atoms with Crippen LogP contribution in [0, 0.1) is 0 Å². The van der Waals surface area contributed by atoms with E-state index in [1.165, 1.54) is 0 Å². The molecular weight excluding hydrogens is 648 g/mol. The van der Waals surface area contributed by atoms with Gasteiger partial charge in [0.2, 0.25) is 0 Å². The van der Waals surface area contributed by atoms with E-state index in [4.69, 9.17) is 47.6 Å². The number of aliphatic carboxylic acids is 1. The van der Waals surface area contributed by atoms with Crippen molar-refractivity contribution in [1.82, 2.24) is 15.1 Å². The van der Waals surface area contributed by atoms with Crippen LogP contribution in [0.25, 0.3) is 0 Å². The van der Waals surface area contributed by atoms with E-state index in [2.05, 4.69) is 5.32 Å². The first-order valence-electron chi connectivity index (χ1n) is 14.5. The van der Waals surface area contributed by atoms with E-state index in [0.29, 0.717) is 53.7 Å². The average molecular weight is 682 g/mol. The van der Waals surface area contributed by atoms with Crippen LogP contribution in [0.5, 0.6) is 11.5 Å². The third kappa shape index (κ3) is 8.42. The molecule has 2 aliphatic rings. The summed E-state index contributed by atoms with van der Waals surface area (Å²) in [6.45, 7) is 7.59. The van der Waals surface area contributed by atoms with Crippen molar-refractivity contribution in [3.05, 3.63) is 93.5 Å². The molecule has 2 atom stereocenters. The van der Waals surface area contributed by atoms with Crippen LogP contribution in [-0.2, 0) is 4.79 Å². The number of hydrogen-bond donors (Lipinski definition) is 2. The van der Waals surface area contributed by atoms with Crippen molar-refractivity contribution in [1.29, 1.82) is 0 Å². The van der Waals surface area contributed by atoms with Gasteiger partial charge in [-0.1, -0.05) is 47.5 Å². The molecule has 0 saturated carbocycles. The lowest BCUT2D eigenvalue weighted by atomic mass is 9.93. The minimum Gasteiger partial charge on any atom is -0.494 e. The van der Waals surface area contributed by atoms with Crippen LogP contribution < -0.4 is 14.8 Å². The zero-order valence-electron chi connectivity index (χ0n) is 25.1. The Morgan fingerprint density at radius 1 is 0.913 bits per heavy atom. The standard InChI is InChI=1S/C30H32Cl2N4O3.C2HF3O2/c1-3-38-24-13-14-25(26(19-24)39-4-2)29-34-27(20-5-9-22(31)10-6-20)28(21-7-11-23(32)12-8-21)36(29)30(37)35-17-15-33-16-18-35;3-2(4,5)1(6)7/h5-14,19,27-28,33H,3-4,15-18H2,1-2H3;(H,6,7)/t27-,28+;/m1./s1.